The first kappa shape index (κ1) is 21.2. The van der Waals surface area contributed by atoms with Crippen LogP contribution in [0.4, 0.5) is 0 Å². The number of nitrogens with zero attached hydrogens (tertiary/aromatic N) is 1. The second-order valence-corrected chi connectivity index (χ2v) is 6.69. The highest BCUT2D eigenvalue weighted by Crippen LogP contribution is 2.32. The molecule has 0 aromatic carbocycles. The zero-order valence-electron chi connectivity index (χ0n) is 15.0. The Bertz CT molecular complexity index is 682. The van der Waals surface area contributed by atoms with Gasteiger partial charge < -0.3 is 35.6 Å². The molecule has 0 saturated carbocycles. The number of rotatable bonds is 6. The Hall–Kier alpha value is -2.11. The van der Waals surface area contributed by atoms with Crippen LogP contribution in [0.5, 0.6) is 0 Å². The van der Waals surface area contributed by atoms with Crippen LogP contribution in [0.25, 0.3) is 0 Å². The number of aliphatic hydroxyl groups excluding tert-OH is 4. The van der Waals surface area contributed by atoms with Crippen molar-refractivity contribution in [2.24, 2.45) is 0 Å². The number of carboxylic acids is 1. The Kier molecular flexibility index (Phi) is 6.50. The van der Waals surface area contributed by atoms with Gasteiger partial charge in [0, 0.05) is 19.1 Å². The molecule has 0 spiro atoms. The van der Waals surface area contributed by atoms with Crippen molar-refractivity contribution in [3.63, 3.8) is 0 Å². The molecular formula is C17H25N2O8+. The van der Waals surface area contributed by atoms with Crippen molar-refractivity contribution in [2.45, 2.75) is 56.5 Å². The van der Waals surface area contributed by atoms with Crippen molar-refractivity contribution in [3.05, 3.63) is 30.1 Å². The quantitative estimate of drug-likeness (QED) is 0.290. The molecule has 2 rings (SSSR count). The van der Waals surface area contributed by atoms with E-state index >= 15 is 0 Å². The summed E-state index contributed by atoms with van der Waals surface area (Å²) in [6.45, 7) is 2.18. The monoisotopic (exact) mass is 385 g/mol. The summed E-state index contributed by atoms with van der Waals surface area (Å²) >= 11 is 0. The molecule has 1 aromatic heterocycles. The van der Waals surface area contributed by atoms with Crippen molar-refractivity contribution in [3.8, 4) is 0 Å². The van der Waals surface area contributed by atoms with Gasteiger partial charge >= 0.3 is 11.7 Å². The maximum absolute atomic E-state index is 12.1. The fraction of sp³-hybridized carbons (Fsp3) is 0.588. The minimum absolute atomic E-state index is 0.417. The lowest BCUT2D eigenvalue weighted by Gasteiger charge is -2.43. The van der Waals surface area contributed by atoms with Gasteiger partial charge in [-0.1, -0.05) is 0 Å². The summed E-state index contributed by atoms with van der Waals surface area (Å²) in [6.07, 6.45) is -3.82. The zero-order valence-corrected chi connectivity index (χ0v) is 15.0. The highest BCUT2D eigenvalue weighted by Gasteiger charge is 2.61. The Labute approximate surface area is 155 Å². The normalized spacial score (nSPS) is 30.4. The molecule has 27 heavy (non-hydrogen) atoms. The van der Waals surface area contributed by atoms with Crippen LogP contribution in [-0.2, 0) is 20.1 Å². The van der Waals surface area contributed by atoms with Crippen LogP contribution in [0.1, 0.15) is 18.9 Å². The number of aliphatic carboxylic acids is 1. The maximum atomic E-state index is 12.1. The molecule has 10 nitrogen and oxygen atoms in total. The Morgan fingerprint density at radius 3 is 2.44 bits per heavy atom. The Balaban J connectivity index is 2.50. The number of aryl methyl sites for hydroxylation is 1. The number of carbonyl (C=O) groups excluding carboxylic acids is 1. The third-order valence-corrected chi connectivity index (χ3v) is 4.62. The molecule has 6 atom stereocenters. The molecule has 1 aliphatic heterocycles. The maximum Gasteiger partial charge on any atom is 0.407 e. The average Bonchev–Trinajstić information content (AvgIpc) is 2.62. The van der Waals surface area contributed by atoms with Gasteiger partial charge in [-0.2, -0.15) is 4.57 Å². The number of hydrogen-bond acceptors (Lipinski definition) is 7. The fourth-order valence-electron chi connectivity index (χ4n) is 3.15. The number of hydrogen-bond donors (Lipinski definition) is 6. The number of aromatic nitrogens is 1. The number of carboxylic acid groups (broad SMARTS) is 1. The smallest absolute Gasteiger partial charge is 0.407 e. The summed E-state index contributed by atoms with van der Waals surface area (Å²) in [7, 11) is 0. The lowest BCUT2D eigenvalue weighted by atomic mass is 9.87. The lowest BCUT2D eigenvalue weighted by molar-refractivity contribution is -0.801. The third-order valence-electron chi connectivity index (χ3n) is 4.62. The minimum Gasteiger partial charge on any atom is -0.474 e. The lowest BCUT2D eigenvalue weighted by Crippen LogP contribution is -2.73. The first-order valence-corrected chi connectivity index (χ1v) is 8.44. The molecule has 1 aromatic rings. The topological polar surface area (TPSA) is 160 Å². The second-order valence-electron chi connectivity index (χ2n) is 6.69. The van der Waals surface area contributed by atoms with Crippen molar-refractivity contribution in [1.82, 2.24) is 5.32 Å². The summed E-state index contributed by atoms with van der Waals surface area (Å²) in [6, 6.07) is 2.11. The van der Waals surface area contributed by atoms with Gasteiger partial charge in [-0.15, -0.1) is 0 Å². The summed E-state index contributed by atoms with van der Waals surface area (Å²) in [4.78, 5) is 23.6. The van der Waals surface area contributed by atoms with E-state index in [1.165, 1.54) is 23.9 Å². The van der Waals surface area contributed by atoms with Crippen LogP contribution in [-0.4, -0.2) is 74.5 Å². The average molecular weight is 385 g/mol. The molecule has 0 bridgehead atoms. The number of nitrogens with one attached hydrogen (secondary N) is 1. The molecule has 150 valence electrons. The third kappa shape index (κ3) is 4.25. The van der Waals surface area contributed by atoms with E-state index in [1.807, 2.05) is 6.92 Å². The van der Waals surface area contributed by atoms with Crippen LogP contribution in [0.15, 0.2) is 24.5 Å². The van der Waals surface area contributed by atoms with Crippen LogP contribution in [0, 0.1) is 6.92 Å². The van der Waals surface area contributed by atoms with Gasteiger partial charge in [-0.3, -0.25) is 4.79 Å². The number of pyridine rings is 1. The van der Waals surface area contributed by atoms with Gasteiger partial charge in [-0.25, -0.2) is 4.79 Å². The van der Waals surface area contributed by atoms with Gasteiger partial charge in [0.1, 0.15) is 18.3 Å². The van der Waals surface area contributed by atoms with Crippen LogP contribution in [0.3, 0.4) is 0 Å². The summed E-state index contributed by atoms with van der Waals surface area (Å²) in [5.74, 6) is -1.96. The van der Waals surface area contributed by atoms with Crippen LogP contribution >= 0.6 is 0 Å². The first-order chi connectivity index (χ1) is 12.6. The molecule has 10 heteroatoms. The number of ether oxygens (including phenoxy) is 1. The first-order valence-electron chi connectivity index (χ1n) is 8.44. The minimum atomic E-state index is -2.08. The summed E-state index contributed by atoms with van der Waals surface area (Å²) in [5, 5.41) is 52.1. The summed E-state index contributed by atoms with van der Waals surface area (Å²) in [5.41, 5.74) is -1.21. The molecular weight excluding hydrogens is 360 g/mol. The largest absolute Gasteiger partial charge is 0.474 e. The summed E-state index contributed by atoms with van der Waals surface area (Å²) < 4.78 is 6.93. The molecule has 1 fully saturated rings. The molecule has 6 N–H and O–H groups in total. The van der Waals surface area contributed by atoms with E-state index in [0.29, 0.717) is 0 Å². The van der Waals surface area contributed by atoms with E-state index in [9.17, 15) is 30.0 Å². The van der Waals surface area contributed by atoms with Crippen molar-refractivity contribution >= 4 is 11.9 Å². The Morgan fingerprint density at radius 2 is 1.96 bits per heavy atom. The molecule has 0 radical (unpaired) electrons. The fourth-order valence-corrected chi connectivity index (χ4v) is 3.15. The Morgan fingerprint density at radius 1 is 1.37 bits per heavy atom. The van der Waals surface area contributed by atoms with E-state index in [4.69, 9.17) is 9.84 Å². The van der Waals surface area contributed by atoms with E-state index in [2.05, 4.69) is 5.32 Å². The molecule has 0 unspecified atom stereocenters. The molecule has 1 saturated heterocycles. The predicted molar refractivity (Wildman–Crippen MR) is 89.2 cm³/mol. The van der Waals surface area contributed by atoms with Gasteiger partial charge in [0.15, 0.2) is 12.4 Å². The van der Waals surface area contributed by atoms with Crippen molar-refractivity contribution in [1.29, 1.82) is 0 Å². The second kappa shape index (κ2) is 8.28. The van der Waals surface area contributed by atoms with E-state index in [-0.39, 0.29) is 0 Å². The van der Waals surface area contributed by atoms with Crippen LogP contribution in [0.2, 0.25) is 0 Å². The van der Waals surface area contributed by atoms with Gasteiger partial charge in [0.25, 0.3) is 0 Å². The van der Waals surface area contributed by atoms with Crippen LogP contribution < -0.4 is 9.88 Å². The molecule has 2 heterocycles. The highest BCUT2D eigenvalue weighted by atomic mass is 16.6. The van der Waals surface area contributed by atoms with Gasteiger partial charge in [0.05, 0.1) is 25.2 Å². The zero-order chi connectivity index (χ0) is 20.4. The van der Waals surface area contributed by atoms with Gasteiger partial charge in [0.2, 0.25) is 5.91 Å². The van der Waals surface area contributed by atoms with Crippen molar-refractivity contribution < 1.29 is 44.4 Å². The van der Waals surface area contributed by atoms with E-state index in [1.54, 1.807) is 12.1 Å². The number of amides is 1. The van der Waals surface area contributed by atoms with Gasteiger partial charge in [-0.05, 0) is 12.5 Å². The van der Waals surface area contributed by atoms with E-state index < -0.39 is 61.1 Å². The molecule has 1 amide bonds. The predicted octanol–water partition coefficient (Wildman–Crippen LogP) is -2.61. The number of aliphatic hydroxyl groups is 4. The van der Waals surface area contributed by atoms with Crippen molar-refractivity contribution in [2.75, 3.05) is 6.61 Å². The SMILES string of the molecule is CC(=O)N[C@H]1[C@H]([C@H](O)[C@H](O)CO)O[C@](C(=O)O)([n+]2ccc(C)cc2)C[C@@H]1O. The standard InChI is InChI=1S/C17H24N2O8/c1-9-3-5-19(6-4-9)17(16(25)26)7-11(22)13(18-10(2)21)15(27-17)14(24)12(23)8-20/h3-6,11-15,20,22-24H,7-8H2,1-2H3,(H-,18,21,25,26)/p+1/t11-,12+,13+,14+,15+,17+/m0/s1. The van der Waals surface area contributed by atoms with E-state index in [0.717, 1.165) is 5.56 Å². The number of carbonyl (C=O) groups is 2. The molecule has 0 aliphatic carbocycles. The highest BCUT2D eigenvalue weighted by molar-refractivity contribution is 5.74. The molecule has 1 aliphatic rings.